The SMILES string of the molecule is CCCCC1C=CC=CCCC1. The van der Waals surface area contributed by atoms with Gasteiger partial charge in [0.05, 0.1) is 0 Å². The van der Waals surface area contributed by atoms with E-state index < -0.39 is 0 Å². The van der Waals surface area contributed by atoms with Gasteiger partial charge in [-0.15, -0.1) is 0 Å². The van der Waals surface area contributed by atoms with E-state index in [1.54, 1.807) is 0 Å². The van der Waals surface area contributed by atoms with Gasteiger partial charge in [-0.05, 0) is 31.6 Å². The monoisotopic (exact) mass is 164 g/mol. The lowest BCUT2D eigenvalue weighted by atomic mass is 9.94. The van der Waals surface area contributed by atoms with Crippen LogP contribution in [0.3, 0.4) is 0 Å². The molecular weight excluding hydrogens is 144 g/mol. The standard InChI is InChI=1S/C12H20/c1-2-3-9-12-10-7-5-4-6-8-11-12/h4-5,7,10,12H,2-3,6,8-9,11H2,1H3. The molecule has 0 radical (unpaired) electrons. The van der Waals surface area contributed by atoms with Crippen LogP contribution in [0.1, 0.15) is 45.4 Å². The van der Waals surface area contributed by atoms with Crippen LogP contribution in [0.25, 0.3) is 0 Å². The molecule has 1 atom stereocenters. The van der Waals surface area contributed by atoms with Crippen LogP contribution in [0.2, 0.25) is 0 Å². The van der Waals surface area contributed by atoms with Gasteiger partial charge in [0.1, 0.15) is 0 Å². The third-order valence-electron chi connectivity index (χ3n) is 2.50. The van der Waals surface area contributed by atoms with E-state index in [-0.39, 0.29) is 0 Å². The van der Waals surface area contributed by atoms with Gasteiger partial charge in [0, 0.05) is 0 Å². The first-order chi connectivity index (χ1) is 5.93. The molecule has 0 aromatic carbocycles. The molecule has 12 heavy (non-hydrogen) atoms. The summed E-state index contributed by atoms with van der Waals surface area (Å²) >= 11 is 0. The summed E-state index contributed by atoms with van der Waals surface area (Å²) < 4.78 is 0. The van der Waals surface area contributed by atoms with Crippen molar-refractivity contribution in [3.05, 3.63) is 24.3 Å². The third kappa shape index (κ3) is 3.75. The van der Waals surface area contributed by atoms with Crippen LogP contribution in [0.4, 0.5) is 0 Å². The predicted molar refractivity (Wildman–Crippen MR) is 55.1 cm³/mol. The Labute approximate surface area is 76.4 Å². The highest BCUT2D eigenvalue weighted by Gasteiger charge is 2.03. The molecule has 0 amide bonds. The van der Waals surface area contributed by atoms with Crippen molar-refractivity contribution in [2.45, 2.75) is 45.4 Å². The fraction of sp³-hybridized carbons (Fsp3) is 0.667. The van der Waals surface area contributed by atoms with E-state index in [9.17, 15) is 0 Å². The molecule has 0 fully saturated rings. The van der Waals surface area contributed by atoms with E-state index >= 15 is 0 Å². The van der Waals surface area contributed by atoms with E-state index in [0.717, 1.165) is 5.92 Å². The predicted octanol–water partition coefficient (Wildman–Crippen LogP) is 4.09. The number of hydrogen-bond donors (Lipinski definition) is 0. The maximum Gasteiger partial charge on any atom is -0.0230 e. The van der Waals surface area contributed by atoms with Gasteiger partial charge in [0.15, 0.2) is 0 Å². The fourth-order valence-corrected chi connectivity index (χ4v) is 1.70. The van der Waals surface area contributed by atoms with Crippen molar-refractivity contribution < 1.29 is 0 Å². The fourth-order valence-electron chi connectivity index (χ4n) is 1.70. The lowest BCUT2D eigenvalue weighted by Gasteiger charge is -2.12. The molecule has 1 aliphatic rings. The molecule has 0 aliphatic heterocycles. The average molecular weight is 164 g/mol. The van der Waals surface area contributed by atoms with E-state index in [2.05, 4.69) is 31.2 Å². The molecule has 0 nitrogen and oxygen atoms in total. The molecule has 1 unspecified atom stereocenters. The Morgan fingerprint density at radius 2 is 2.25 bits per heavy atom. The Balaban J connectivity index is 2.30. The molecule has 1 aliphatic carbocycles. The van der Waals surface area contributed by atoms with Gasteiger partial charge in [-0.1, -0.05) is 44.1 Å². The number of hydrogen-bond acceptors (Lipinski definition) is 0. The van der Waals surface area contributed by atoms with Crippen LogP contribution in [-0.4, -0.2) is 0 Å². The Morgan fingerprint density at radius 1 is 1.33 bits per heavy atom. The van der Waals surface area contributed by atoms with Gasteiger partial charge < -0.3 is 0 Å². The molecule has 0 aromatic rings. The molecule has 0 N–H and O–H groups in total. The van der Waals surface area contributed by atoms with Crippen molar-refractivity contribution in [1.29, 1.82) is 0 Å². The summed E-state index contributed by atoms with van der Waals surface area (Å²) in [7, 11) is 0. The molecule has 68 valence electrons. The Kier molecular flexibility index (Phi) is 4.82. The lowest BCUT2D eigenvalue weighted by Crippen LogP contribution is -1.97. The van der Waals surface area contributed by atoms with Crippen molar-refractivity contribution in [1.82, 2.24) is 0 Å². The quantitative estimate of drug-likeness (QED) is 0.589. The molecule has 1 rings (SSSR count). The summed E-state index contributed by atoms with van der Waals surface area (Å²) in [5.74, 6) is 0.856. The first-order valence-corrected chi connectivity index (χ1v) is 5.27. The normalized spacial score (nSPS) is 23.6. The minimum absolute atomic E-state index is 0.856. The highest BCUT2D eigenvalue weighted by molar-refractivity contribution is 5.05. The summed E-state index contributed by atoms with van der Waals surface area (Å²) in [6, 6.07) is 0. The van der Waals surface area contributed by atoms with E-state index in [0.29, 0.717) is 0 Å². The largest absolute Gasteiger partial charge is 0.0845 e. The van der Waals surface area contributed by atoms with E-state index in [4.69, 9.17) is 0 Å². The highest BCUT2D eigenvalue weighted by Crippen LogP contribution is 2.19. The first-order valence-electron chi connectivity index (χ1n) is 5.27. The van der Waals surface area contributed by atoms with Crippen LogP contribution in [-0.2, 0) is 0 Å². The molecule has 0 aromatic heterocycles. The zero-order valence-corrected chi connectivity index (χ0v) is 8.13. The van der Waals surface area contributed by atoms with Crippen molar-refractivity contribution in [2.75, 3.05) is 0 Å². The number of rotatable bonds is 3. The van der Waals surface area contributed by atoms with Gasteiger partial charge >= 0.3 is 0 Å². The van der Waals surface area contributed by atoms with Crippen LogP contribution in [0.5, 0.6) is 0 Å². The van der Waals surface area contributed by atoms with Gasteiger partial charge in [-0.25, -0.2) is 0 Å². The van der Waals surface area contributed by atoms with Gasteiger partial charge in [0.25, 0.3) is 0 Å². The van der Waals surface area contributed by atoms with Gasteiger partial charge in [0.2, 0.25) is 0 Å². The van der Waals surface area contributed by atoms with Crippen molar-refractivity contribution in [2.24, 2.45) is 5.92 Å². The van der Waals surface area contributed by atoms with Crippen LogP contribution < -0.4 is 0 Å². The Hall–Kier alpha value is -0.520. The maximum absolute atomic E-state index is 2.38. The number of unbranched alkanes of at least 4 members (excludes halogenated alkanes) is 1. The van der Waals surface area contributed by atoms with E-state index in [1.165, 1.54) is 38.5 Å². The average Bonchev–Trinajstić information content (AvgIpc) is 2.02. The van der Waals surface area contributed by atoms with E-state index in [1.807, 2.05) is 0 Å². The van der Waals surface area contributed by atoms with Crippen molar-refractivity contribution in [3.8, 4) is 0 Å². The van der Waals surface area contributed by atoms with Crippen molar-refractivity contribution >= 4 is 0 Å². The van der Waals surface area contributed by atoms with Crippen LogP contribution in [0.15, 0.2) is 24.3 Å². The minimum Gasteiger partial charge on any atom is -0.0845 e. The molecule has 0 spiro atoms. The maximum atomic E-state index is 2.38. The minimum atomic E-state index is 0.856. The summed E-state index contributed by atoms with van der Waals surface area (Å²) in [4.78, 5) is 0. The number of allylic oxidation sites excluding steroid dienone is 4. The lowest BCUT2D eigenvalue weighted by molar-refractivity contribution is 0.501. The molecule has 0 heteroatoms. The molecular formula is C12H20. The Morgan fingerprint density at radius 3 is 3.08 bits per heavy atom. The second-order valence-electron chi connectivity index (χ2n) is 3.65. The van der Waals surface area contributed by atoms with Crippen LogP contribution in [0, 0.1) is 5.92 Å². The molecule has 0 saturated carbocycles. The van der Waals surface area contributed by atoms with Crippen molar-refractivity contribution in [3.63, 3.8) is 0 Å². The summed E-state index contributed by atoms with van der Waals surface area (Å²) in [5.41, 5.74) is 0. The zero-order valence-electron chi connectivity index (χ0n) is 8.13. The first kappa shape index (κ1) is 9.57. The molecule has 0 saturated heterocycles. The van der Waals surface area contributed by atoms with Gasteiger partial charge in [-0.2, -0.15) is 0 Å². The van der Waals surface area contributed by atoms with Crippen LogP contribution >= 0.6 is 0 Å². The molecule has 0 bridgehead atoms. The highest BCUT2D eigenvalue weighted by atomic mass is 14.1. The topological polar surface area (TPSA) is 0 Å². The Bertz CT molecular complexity index is 153. The smallest absolute Gasteiger partial charge is 0.0230 e. The zero-order chi connectivity index (χ0) is 8.65. The second kappa shape index (κ2) is 6.05. The molecule has 0 heterocycles. The second-order valence-corrected chi connectivity index (χ2v) is 3.65. The third-order valence-corrected chi connectivity index (χ3v) is 2.50. The summed E-state index contributed by atoms with van der Waals surface area (Å²) in [6.07, 6.45) is 17.2. The van der Waals surface area contributed by atoms with Gasteiger partial charge in [-0.3, -0.25) is 0 Å². The summed E-state index contributed by atoms with van der Waals surface area (Å²) in [6.45, 7) is 2.27. The summed E-state index contributed by atoms with van der Waals surface area (Å²) in [5, 5.41) is 0.